The average Bonchev–Trinajstić information content (AvgIpc) is 3.30. The Morgan fingerprint density at radius 1 is 1.17 bits per heavy atom. The highest BCUT2D eigenvalue weighted by atomic mass is 32.2. The number of nitrogens with one attached hydrogen (secondary N) is 2. The molecule has 0 aliphatic rings. The third-order valence-corrected chi connectivity index (χ3v) is 7.78. The van der Waals surface area contributed by atoms with Crippen molar-refractivity contribution in [2.75, 3.05) is 15.8 Å². The average molecular weight is 470 g/mol. The van der Waals surface area contributed by atoms with Gasteiger partial charge in [-0.15, -0.1) is 21.5 Å². The van der Waals surface area contributed by atoms with Crippen molar-refractivity contribution in [2.24, 2.45) is 0 Å². The molecule has 2 N–H and O–H groups in total. The molecule has 0 saturated carbocycles. The maximum absolute atomic E-state index is 12.4. The molecule has 0 atom stereocenters. The zero-order valence-corrected chi connectivity index (χ0v) is 19.0. The number of amides is 1. The van der Waals surface area contributed by atoms with E-state index in [9.17, 15) is 13.2 Å². The van der Waals surface area contributed by atoms with Crippen LogP contribution in [0.2, 0.25) is 0 Å². The minimum absolute atomic E-state index is 0.178. The van der Waals surface area contributed by atoms with Crippen LogP contribution in [0.15, 0.2) is 38.9 Å². The molecule has 0 bridgehead atoms. The maximum Gasteiger partial charge on any atom is 0.263 e. The SMILES string of the molecule is CCSc1nnc(NC(=O)CCc2csc(NS(=O)(=O)c3ccc(C)cc3)n2)s1. The van der Waals surface area contributed by atoms with Gasteiger partial charge in [-0.2, -0.15) is 0 Å². The monoisotopic (exact) mass is 469 g/mol. The molecular weight excluding hydrogens is 450 g/mol. The van der Waals surface area contributed by atoms with Crippen LogP contribution in [0.25, 0.3) is 0 Å². The number of thioether (sulfide) groups is 1. The molecular formula is C17H19N5O3S4. The normalized spacial score (nSPS) is 11.4. The lowest BCUT2D eigenvalue weighted by Crippen LogP contribution is -2.13. The molecule has 0 saturated heterocycles. The van der Waals surface area contributed by atoms with E-state index < -0.39 is 10.0 Å². The van der Waals surface area contributed by atoms with Crippen LogP contribution in [-0.4, -0.2) is 35.3 Å². The Hall–Kier alpha value is -2.02. The third-order valence-electron chi connectivity index (χ3n) is 3.63. The minimum atomic E-state index is -3.69. The van der Waals surface area contributed by atoms with Crippen LogP contribution in [0.1, 0.15) is 24.6 Å². The van der Waals surface area contributed by atoms with Gasteiger partial charge < -0.3 is 5.32 Å². The summed E-state index contributed by atoms with van der Waals surface area (Å²) in [7, 11) is -3.69. The van der Waals surface area contributed by atoms with E-state index in [1.54, 1.807) is 41.4 Å². The Kier molecular flexibility index (Phi) is 7.22. The molecule has 2 aromatic heterocycles. The topological polar surface area (TPSA) is 114 Å². The Morgan fingerprint density at radius 2 is 1.93 bits per heavy atom. The van der Waals surface area contributed by atoms with Gasteiger partial charge in [0.2, 0.25) is 11.0 Å². The molecule has 0 unspecified atom stereocenters. The summed E-state index contributed by atoms with van der Waals surface area (Å²) >= 11 is 4.09. The van der Waals surface area contributed by atoms with Gasteiger partial charge in [0.25, 0.3) is 10.0 Å². The van der Waals surface area contributed by atoms with Gasteiger partial charge >= 0.3 is 0 Å². The van der Waals surface area contributed by atoms with Gasteiger partial charge in [-0.3, -0.25) is 9.52 Å². The fraction of sp³-hybridized carbons (Fsp3) is 0.294. The molecule has 29 heavy (non-hydrogen) atoms. The quantitative estimate of drug-likeness (QED) is 0.362. The van der Waals surface area contributed by atoms with Crippen LogP contribution in [0.3, 0.4) is 0 Å². The van der Waals surface area contributed by atoms with Crippen molar-refractivity contribution in [3.8, 4) is 0 Å². The first-order chi connectivity index (χ1) is 13.9. The molecule has 0 spiro atoms. The summed E-state index contributed by atoms with van der Waals surface area (Å²) in [5.74, 6) is 0.701. The summed E-state index contributed by atoms with van der Waals surface area (Å²) in [6.07, 6.45) is 0.605. The van der Waals surface area contributed by atoms with Gasteiger partial charge in [0.15, 0.2) is 9.47 Å². The van der Waals surface area contributed by atoms with Gasteiger partial charge in [0.05, 0.1) is 10.6 Å². The Balaban J connectivity index is 1.53. The van der Waals surface area contributed by atoms with E-state index in [4.69, 9.17) is 0 Å². The number of rotatable bonds is 9. The second kappa shape index (κ2) is 9.65. The number of sulfonamides is 1. The highest BCUT2D eigenvalue weighted by Gasteiger charge is 2.16. The number of anilines is 2. The highest BCUT2D eigenvalue weighted by molar-refractivity contribution is 8.01. The lowest BCUT2D eigenvalue weighted by atomic mass is 10.2. The number of hydrogen-bond donors (Lipinski definition) is 2. The number of hydrogen-bond acceptors (Lipinski definition) is 9. The molecule has 1 amide bonds. The third kappa shape index (κ3) is 6.23. The number of benzene rings is 1. The van der Waals surface area contributed by atoms with Gasteiger partial charge in [0.1, 0.15) is 0 Å². The van der Waals surface area contributed by atoms with Gasteiger partial charge in [-0.05, 0) is 31.2 Å². The van der Waals surface area contributed by atoms with Crippen molar-refractivity contribution in [2.45, 2.75) is 35.9 Å². The lowest BCUT2D eigenvalue weighted by Gasteiger charge is -2.05. The molecule has 0 aliphatic heterocycles. The van der Waals surface area contributed by atoms with E-state index >= 15 is 0 Å². The van der Waals surface area contributed by atoms with E-state index in [1.165, 1.54) is 22.7 Å². The Morgan fingerprint density at radius 3 is 2.66 bits per heavy atom. The zero-order chi connectivity index (χ0) is 20.9. The van der Waals surface area contributed by atoms with Crippen LogP contribution in [0, 0.1) is 6.92 Å². The summed E-state index contributed by atoms with van der Waals surface area (Å²) in [6, 6.07) is 6.58. The number of carbonyl (C=O) groups is 1. The molecule has 3 aromatic rings. The Labute approximate surface area is 181 Å². The van der Waals surface area contributed by atoms with Gasteiger partial charge in [-0.1, -0.05) is 47.7 Å². The summed E-state index contributed by atoms with van der Waals surface area (Å²) in [5.41, 5.74) is 1.62. The first-order valence-corrected chi connectivity index (χ1v) is 12.8. The summed E-state index contributed by atoms with van der Waals surface area (Å²) in [5, 5.41) is 13.1. The van der Waals surface area contributed by atoms with Crippen molar-refractivity contribution in [1.82, 2.24) is 15.2 Å². The van der Waals surface area contributed by atoms with Gasteiger partial charge in [-0.25, -0.2) is 13.4 Å². The summed E-state index contributed by atoms with van der Waals surface area (Å²) in [4.78, 5) is 16.5. The Bertz CT molecular complexity index is 1080. The van der Waals surface area contributed by atoms with Crippen LogP contribution in [0.5, 0.6) is 0 Å². The first-order valence-electron chi connectivity index (χ1n) is 8.66. The predicted octanol–water partition coefficient (Wildman–Crippen LogP) is 3.79. The number of thiazole rings is 1. The largest absolute Gasteiger partial charge is 0.300 e. The standard InChI is InChI=1S/C17H19N5O3S4/c1-3-26-17-21-20-15(28-17)19-14(23)9-6-12-10-27-16(18-12)22-29(24,25)13-7-4-11(2)5-8-13/h4-5,7-8,10H,3,6,9H2,1-2H3,(H,18,22)(H,19,20,23). The maximum atomic E-state index is 12.4. The molecule has 1 aromatic carbocycles. The van der Waals surface area contributed by atoms with Crippen molar-refractivity contribution in [3.63, 3.8) is 0 Å². The van der Waals surface area contributed by atoms with Crippen LogP contribution in [-0.2, 0) is 21.2 Å². The van der Waals surface area contributed by atoms with Gasteiger partial charge in [0, 0.05) is 11.8 Å². The summed E-state index contributed by atoms with van der Waals surface area (Å²) < 4.78 is 28.1. The molecule has 0 aliphatic carbocycles. The molecule has 2 heterocycles. The lowest BCUT2D eigenvalue weighted by molar-refractivity contribution is -0.116. The number of aryl methyl sites for hydroxylation is 2. The molecule has 8 nitrogen and oxygen atoms in total. The highest BCUT2D eigenvalue weighted by Crippen LogP contribution is 2.25. The van der Waals surface area contributed by atoms with E-state index in [0.717, 1.165) is 15.7 Å². The fourth-order valence-electron chi connectivity index (χ4n) is 2.23. The van der Waals surface area contributed by atoms with Crippen LogP contribution < -0.4 is 10.0 Å². The number of carbonyl (C=O) groups excluding carboxylic acids is 1. The van der Waals surface area contributed by atoms with Crippen molar-refractivity contribution >= 4 is 60.6 Å². The second-order valence-corrected chi connectivity index (χ2v) is 10.9. The van der Waals surface area contributed by atoms with E-state index in [0.29, 0.717) is 17.2 Å². The molecule has 154 valence electrons. The second-order valence-electron chi connectivity index (χ2n) is 5.92. The van der Waals surface area contributed by atoms with Crippen LogP contribution in [0.4, 0.5) is 10.3 Å². The molecule has 0 fully saturated rings. The van der Waals surface area contributed by atoms with Crippen LogP contribution >= 0.6 is 34.4 Å². The van der Waals surface area contributed by atoms with Crippen molar-refractivity contribution in [3.05, 3.63) is 40.9 Å². The van der Waals surface area contributed by atoms with E-state index in [1.807, 2.05) is 13.8 Å². The molecule has 12 heteroatoms. The summed E-state index contributed by atoms with van der Waals surface area (Å²) in [6.45, 7) is 3.91. The first kappa shape index (κ1) is 21.7. The smallest absolute Gasteiger partial charge is 0.263 e. The predicted molar refractivity (Wildman–Crippen MR) is 117 cm³/mol. The number of nitrogens with zero attached hydrogens (tertiary/aromatic N) is 3. The van der Waals surface area contributed by atoms with E-state index in [2.05, 4.69) is 25.2 Å². The minimum Gasteiger partial charge on any atom is -0.300 e. The molecule has 3 rings (SSSR count). The van der Waals surface area contributed by atoms with Crippen molar-refractivity contribution in [1.29, 1.82) is 0 Å². The number of aromatic nitrogens is 3. The van der Waals surface area contributed by atoms with E-state index in [-0.39, 0.29) is 22.4 Å². The zero-order valence-electron chi connectivity index (χ0n) is 15.7. The fourth-order valence-corrected chi connectivity index (χ4v) is 5.89. The molecule has 0 radical (unpaired) electrons. The van der Waals surface area contributed by atoms with Crippen molar-refractivity contribution < 1.29 is 13.2 Å².